The number of imidazole rings is 1. The van der Waals surface area contributed by atoms with Crippen molar-refractivity contribution in [1.82, 2.24) is 24.4 Å². The van der Waals surface area contributed by atoms with Crippen molar-refractivity contribution in [2.24, 2.45) is 5.92 Å². The van der Waals surface area contributed by atoms with E-state index in [4.69, 9.17) is 19.4 Å². The average molecular weight is 650 g/mol. The molecule has 47 heavy (non-hydrogen) atoms. The second kappa shape index (κ2) is 14.6. The van der Waals surface area contributed by atoms with Crippen LogP contribution in [0, 0.1) is 5.92 Å². The van der Waals surface area contributed by atoms with Gasteiger partial charge in [-0.3, -0.25) is 9.47 Å². The van der Waals surface area contributed by atoms with E-state index in [2.05, 4.69) is 27.3 Å². The Labute approximate surface area is 273 Å². The number of benzene rings is 2. The minimum Gasteiger partial charge on any atom is -0.378 e. The summed E-state index contributed by atoms with van der Waals surface area (Å²) >= 11 is 0. The molecule has 2 atom stereocenters. The lowest BCUT2D eigenvalue weighted by Crippen LogP contribution is -2.43. The van der Waals surface area contributed by atoms with Gasteiger partial charge in [-0.25, -0.2) is 18.2 Å². The van der Waals surface area contributed by atoms with Gasteiger partial charge >= 0.3 is 0 Å². The fourth-order valence-corrected chi connectivity index (χ4v) is 7.30. The van der Waals surface area contributed by atoms with Gasteiger partial charge in [0.2, 0.25) is 5.95 Å². The summed E-state index contributed by atoms with van der Waals surface area (Å²) in [6.45, 7) is 4.01. The van der Waals surface area contributed by atoms with E-state index in [0.29, 0.717) is 80.0 Å². The third-order valence-corrected chi connectivity index (χ3v) is 9.79. The maximum atomic E-state index is 14.2. The van der Waals surface area contributed by atoms with Crippen LogP contribution < -0.4 is 10.2 Å². The zero-order valence-corrected chi connectivity index (χ0v) is 26.5. The van der Waals surface area contributed by atoms with E-state index in [1.807, 2.05) is 29.2 Å². The molecule has 0 bridgehead atoms. The number of ether oxygens (including phenoxy) is 2. The van der Waals surface area contributed by atoms with Crippen LogP contribution in [0.5, 0.6) is 0 Å². The number of likely N-dealkylation sites (tertiary alicyclic amines) is 1. The Morgan fingerprint density at radius 1 is 0.936 bits per heavy atom. The molecule has 1 N–H and O–H groups in total. The first-order chi connectivity index (χ1) is 23.1. The van der Waals surface area contributed by atoms with E-state index in [9.17, 15) is 13.2 Å². The van der Waals surface area contributed by atoms with Crippen LogP contribution in [-0.2, 0) is 16.1 Å². The number of halogens is 3. The Bertz CT molecular complexity index is 1610. The lowest BCUT2D eigenvalue weighted by atomic mass is 9.85. The van der Waals surface area contributed by atoms with E-state index >= 15 is 0 Å². The number of morpholine rings is 1. The summed E-state index contributed by atoms with van der Waals surface area (Å²) in [4.78, 5) is 18.2. The molecule has 12 heteroatoms. The molecular formula is C35H42F3N7O2. The molecule has 4 heterocycles. The zero-order chi connectivity index (χ0) is 32.2. The zero-order valence-electron chi connectivity index (χ0n) is 26.5. The molecule has 2 aromatic heterocycles. The van der Waals surface area contributed by atoms with Crippen LogP contribution in [0.3, 0.4) is 0 Å². The number of alkyl halides is 3. The number of para-hydroxylation sites is 2. The van der Waals surface area contributed by atoms with Gasteiger partial charge in [-0.15, -0.1) is 0 Å². The normalized spacial score (nSPS) is 24.0. The first-order valence-electron chi connectivity index (χ1n) is 16.7. The number of anilines is 2. The first kappa shape index (κ1) is 31.8. The highest BCUT2D eigenvalue weighted by Gasteiger charge is 2.38. The van der Waals surface area contributed by atoms with Crippen molar-refractivity contribution >= 4 is 22.8 Å². The summed E-state index contributed by atoms with van der Waals surface area (Å²) in [7, 11) is 0. The van der Waals surface area contributed by atoms with Crippen molar-refractivity contribution in [1.29, 1.82) is 0 Å². The van der Waals surface area contributed by atoms with Crippen LogP contribution in [-0.4, -0.2) is 88.7 Å². The molecule has 3 aliphatic rings. The van der Waals surface area contributed by atoms with Gasteiger partial charge in [0, 0.05) is 44.3 Å². The number of hydrogen-bond acceptors (Lipinski definition) is 8. The fraction of sp³-hybridized carbons (Fsp3) is 0.514. The number of fused-ring (bicyclic) bond motifs is 1. The summed E-state index contributed by atoms with van der Waals surface area (Å²) in [5.74, 6) is 1.49. The fourth-order valence-electron chi connectivity index (χ4n) is 7.30. The Morgan fingerprint density at radius 3 is 2.47 bits per heavy atom. The Balaban J connectivity index is 1.02. The Kier molecular flexibility index (Phi) is 9.87. The van der Waals surface area contributed by atoms with Gasteiger partial charge in [-0.2, -0.15) is 9.97 Å². The highest BCUT2D eigenvalue weighted by atomic mass is 19.3. The molecule has 0 unspecified atom stereocenters. The molecule has 0 spiro atoms. The second-order valence-electron chi connectivity index (χ2n) is 12.8. The molecule has 9 nitrogen and oxygen atoms in total. The topological polar surface area (TPSA) is 80.6 Å². The summed E-state index contributed by atoms with van der Waals surface area (Å²) in [5.41, 5.74) is 2.19. The van der Waals surface area contributed by atoms with Gasteiger partial charge in [0.15, 0.2) is 5.82 Å². The van der Waals surface area contributed by atoms with Gasteiger partial charge in [0.25, 0.3) is 6.43 Å². The monoisotopic (exact) mass is 649 g/mol. The molecule has 1 saturated carbocycles. The molecule has 1 aliphatic carbocycles. The van der Waals surface area contributed by atoms with Crippen molar-refractivity contribution in [2.75, 3.05) is 56.3 Å². The molecule has 2 saturated heterocycles. The third-order valence-electron chi connectivity index (χ3n) is 9.79. The third kappa shape index (κ3) is 7.24. The SMILES string of the molecule is FC[C@@H]1C[C@@H](OCc2ccccc2)CN1[C@H]1CC[C@@H](CNc2cc(-n3c(C(F)F)nc4ccccc43)nc(N3CCOCC3)n2)CC1. The first-order valence-corrected chi connectivity index (χ1v) is 16.7. The van der Waals surface area contributed by atoms with Crippen molar-refractivity contribution < 1.29 is 22.6 Å². The van der Waals surface area contributed by atoms with Crippen molar-refractivity contribution in [3.8, 4) is 5.82 Å². The molecular weight excluding hydrogens is 607 g/mol. The van der Waals surface area contributed by atoms with Crippen LogP contribution in [0.2, 0.25) is 0 Å². The van der Waals surface area contributed by atoms with Crippen molar-refractivity contribution in [3.63, 3.8) is 0 Å². The van der Waals surface area contributed by atoms with E-state index in [1.165, 1.54) is 4.57 Å². The van der Waals surface area contributed by atoms with Crippen LogP contribution in [0.4, 0.5) is 24.9 Å². The van der Waals surface area contributed by atoms with E-state index < -0.39 is 6.43 Å². The highest BCUT2D eigenvalue weighted by Crippen LogP contribution is 2.34. The number of hydrogen-bond donors (Lipinski definition) is 1. The molecule has 3 fully saturated rings. The molecule has 0 radical (unpaired) electrons. The van der Waals surface area contributed by atoms with Gasteiger partial charge in [-0.1, -0.05) is 42.5 Å². The number of aromatic nitrogens is 4. The smallest absolute Gasteiger partial charge is 0.296 e. The van der Waals surface area contributed by atoms with E-state index in [0.717, 1.165) is 44.2 Å². The number of nitrogens with one attached hydrogen (secondary N) is 1. The van der Waals surface area contributed by atoms with Crippen molar-refractivity contribution in [2.45, 2.75) is 63.3 Å². The van der Waals surface area contributed by atoms with Gasteiger partial charge in [0.1, 0.15) is 18.3 Å². The molecule has 2 aliphatic heterocycles. The molecule has 250 valence electrons. The van der Waals surface area contributed by atoms with Gasteiger partial charge in [0.05, 0.1) is 37.0 Å². The summed E-state index contributed by atoms with van der Waals surface area (Å²) in [6, 6.07) is 19.2. The number of rotatable bonds is 11. The largest absolute Gasteiger partial charge is 0.378 e. The standard InChI is InChI=1S/C35H42F3N7O2/c36-20-27-18-28(47-23-25-6-2-1-3-7-25)22-44(27)26-12-10-24(11-13-26)21-39-31-19-32(42-35(41-31)43-14-16-46-17-15-43)45-30-9-5-4-8-29(30)40-34(45)33(37)38/h1-9,19,24,26-28,33H,10-18,20-23H2,(H,39,41,42)/t24-,26+,27-,28+/m0/s1. The maximum absolute atomic E-state index is 14.2. The summed E-state index contributed by atoms with van der Waals surface area (Å²) in [5, 5.41) is 3.51. The van der Waals surface area contributed by atoms with Crippen LogP contribution in [0.1, 0.15) is 49.9 Å². The van der Waals surface area contributed by atoms with Crippen molar-refractivity contribution in [3.05, 3.63) is 72.1 Å². The minimum absolute atomic E-state index is 0.0428. The highest BCUT2D eigenvalue weighted by molar-refractivity contribution is 5.78. The summed E-state index contributed by atoms with van der Waals surface area (Å²) in [6.07, 6.45) is 2.03. The Morgan fingerprint density at radius 2 is 1.70 bits per heavy atom. The summed E-state index contributed by atoms with van der Waals surface area (Å²) < 4.78 is 55.7. The lowest BCUT2D eigenvalue weighted by Gasteiger charge is -2.37. The maximum Gasteiger partial charge on any atom is 0.296 e. The minimum atomic E-state index is -2.77. The quantitative estimate of drug-likeness (QED) is 0.206. The molecule has 7 rings (SSSR count). The average Bonchev–Trinajstić information content (AvgIpc) is 3.73. The van der Waals surface area contributed by atoms with Crippen LogP contribution in [0.15, 0.2) is 60.7 Å². The predicted octanol–water partition coefficient (Wildman–Crippen LogP) is 6.19. The predicted molar refractivity (Wildman–Crippen MR) is 175 cm³/mol. The Hall–Kier alpha value is -3.74. The van der Waals surface area contributed by atoms with E-state index in [1.54, 1.807) is 24.3 Å². The van der Waals surface area contributed by atoms with Gasteiger partial charge in [-0.05, 0) is 55.7 Å². The number of nitrogens with zero attached hydrogens (tertiary/aromatic N) is 6. The lowest BCUT2D eigenvalue weighted by molar-refractivity contribution is 0.0394. The van der Waals surface area contributed by atoms with E-state index in [-0.39, 0.29) is 24.6 Å². The molecule has 0 amide bonds. The second-order valence-corrected chi connectivity index (χ2v) is 12.8. The van der Waals surface area contributed by atoms with Gasteiger partial charge < -0.3 is 19.7 Å². The van der Waals surface area contributed by atoms with Crippen LogP contribution in [0.25, 0.3) is 16.9 Å². The van der Waals surface area contributed by atoms with Crippen LogP contribution >= 0.6 is 0 Å². The molecule has 2 aromatic carbocycles. The molecule has 4 aromatic rings.